The van der Waals surface area contributed by atoms with Crippen molar-refractivity contribution in [3.8, 4) is 17.2 Å². The third-order valence-electron chi connectivity index (χ3n) is 3.76. The van der Waals surface area contributed by atoms with Gasteiger partial charge in [-0.25, -0.2) is 4.99 Å². The molecule has 0 atom stereocenters. The Morgan fingerprint density at radius 2 is 1.81 bits per heavy atom. The summed E-state index contributed by atoms with van der Waals surface area (Å²) in [5.41, 5.74) is 8.95. The van der Waals surface area contributed by atoms with Gasteiger partial charge in [-0.1, -0.05) is 19.1 Å². The van der Waals surface area contributed by atoms with Gasteiger partial charge in [0.1, 0.15) is 5.75 Å². The van der Waals surface area contributed by atoms with Gasteiger partial charge in [-0.05, 0) is 37.1 Å². The van der Waals surface area contributed by atoms with E-state index in [1.165, 1.54) is 0 Å². The molecule has 0 aliphatic rings. The SMILES string of the molecule is CCCOc1cc(C)ccc1CN=C(N)Nc1ccc(OC)c(OC)c1. The average Bonchev–Trinajstić information content (AvgIpc) is 2.65. The first-order valence-electron chi connectivity index (χ1n) is 8.58. The lowest BCUT2D eigenvalue weighted by Gasteiger charge is -2.12. The predicted octanol–water partition coefficient (Wildman–Crippen LogP) is 3.73. The summed E-state index contributed by atoms with van der Waals surface area (Å²) in [5, 5.41) is 3.06. The lowest BCUT2D eigenvalue weighted by Crippen LogP contribution is -2.22. The van der Waals surface area contributed by atoms with Crippen molar-refractivity contribution >= 4 is 11.6 Å². The summed E-state index contributed by atoms with van der Waals surface area (Å²) in [5.74, 6) is 2.46. The van der Waals surface area contributed by atoms with Crippen LogP contribution in [0.3, 0.4) is 0 Å². The van der Waals surface area contributed by atoms with Gasteiger partial charge < -0.3 is 25.3 Å². The van der Waals surface area contributed by atoms with Crippen molar-refractivity contribution in [3.63, 3.8) is 0 Å². The minimum atomic E-state index is 0.319. The van der Waals surface area contributed by atoms with Crippen LogP contribution >= 0.6 is 0 Å². The Kier molecular flexibility index (Phi) is 7.14. The van der Waals surface area contributed by atoms with Gasteiger partial charge in [0.15, 0.2) is 17.5 Å². The summed E-state index contributed by atoms with van der Waals surface area (Å²) < 4.78 is 16.3. The Balaban J connectivity index is 2.09. The Morgan fingerprint density at radius 1 is 1.04 bits per heavy atom. The first-order valence-corrected chi connectivity index (χ1v) is 8.58. The third kappa shape index (κ3) is 5.31. The van der Waals surface area contributed by atoms with Crippen LogP contribution in [0.2, 0.25) is 0 Å². The molecule has 6 nitrogen and oxygen atoms in total. The maximum absolute atomic E-state index is 6.02. The number of nitrogens with zero attached hydrogens (tertiary/aromatic N) is 1. The van der Waals surface area contributed by atoms with Crippen LogP contribution in [0.1, 0.15) is 24.5 Å². The Morgan fingerprint density at radius 3 is 2.50 bits per heavy atom. The van der Waals surface area contributed by atoms with Crippen molar-refractivity contribution in [3.05, 3.63) is 47.5 Å². The molecule has 0 aliphatic carbocycles. The number of ether oxygens (including phenoxy) is 3. The number of hydrogen-bond acceptors (Lipinski definition) is 4. The van der Waals surface area contributed by atoms with E-state index < -0.39 is 0 Å². The lowest BCUT2D eigenvalue weighted by atomic mass is 10.1. The molecule has 0 unspecified atom stereocenters. The molecule has 0 aromatic heterocycles. The second-order valence-corrected chi connectivity index (χ2v) is 5.86. The molecule has 0 aliphatic heterocycles. The summed E-state index contributed by atoms with van der Waals surface area (Å²) in [6.45, 7) is 5.24. The second kappa shape index (κ2) is 9.56. The third-order valence-corrected chi connectivity index (χ3v) is 3.76. The van der Waals surface area contributed by atoms with Crippen molar-refractivity contribution in [2.45, 2.75) is 26.8 Å². The summed E-state index contributed by atoms with van der Waals surface area (Å²) in [6.07, 6.45) is 0.958. The Hall–Kier alpha value is -2.89. The molecule has 0 spiro atoms. The number of benzene rings is 2. The molecule has 0 saturated heterocycles. The summed E-state index contributed by atoms with van der Waals surface area (Å²) in [4.78, 5) is 4.42. The van der Waals surface area contributed by atoms with Crippen LogP contribution in [0.15, 0.2) is 41.4 Å². The van der Waals surface area contributed by atoms with Gasteiger partial charge in [0.05, 0.1) is 27.4 Å². The van der Waals surface area contributed by atoms with E-state index in [1.807, 2.05) is 43.3 Å². The summed E-state index contributed by atoms with van der Waals surface area (Å²) in [6, 6.07) is 11.6. The van der Waals surface area contributed by atoms with Gasteiger partial charge in [-0.2, -0.15) is 0 Å². The topological polar surface area (TPSA) is 78.1 Å². The van der Waals surface area contributed by atoms with E-state index in [0.717, 1.165) is 29.0 Å². The van der Waals surface area contributed by atoms with Gasteiger partial charge in [0.2, 0.25) is 0 Å². The van der Waals surface area contributed by atoms with Crippen molar-refractivity contribution in [2.24, 2.45) is 10.7 Å². The molecule has 0 heterocycles. The monoisotopic (exact) mass is 357 g/mol. The van der Waals surface area contributed by atoms with Crippen molar-refractivity contribution in [2.75, 3.05) is 26.1 Å². The van der Waals surface area contributed by atoms with Crippen molar-refractivity contribution < 1.29 is 14.2 Å². The first kappa shape index (κ1) is 19.4. The van der Waals surface area contributed by atoms with Crippen molar-refractivity contribution in [1.82, 2.24) is 0 Å². The fourth-order valence-electron chi connectivity index (χ4n) is 2.41. The number of aryl methyl sites for hydroxylation is 1. The maximum Gasteiger partial charge on any atom is 0.193 e. The second-order valence-electron chi connectivity index (χ2n) is 5.86. The number of rotatable bonds is 8. The van der Waals surface area contributed by atoms with E-state index in [9.17, 15) is 0 Å². The highest BCUT2D eigenvalue weighted by molar-refractivity contribution is 5.92. The normalized spacial score (nSPS) is 11.2. The maximum atomic E-state index is 6.02. The van der Waals surface area contributed by atoms with Crippen LogP contribution < -0.4 is 25.3 Å². The average molecular weight is 357 g/mol. The number of hydrogen-bond donors (Lipinski definition) is 2. The van der Waals surface area contributed by atoms with E-state index in [4.69, 9.17) is 19.9 Å². The fourth-order valence-corrected chi connectivity index (χ4v) is 2.41. The fraction of sp³-hybridized carbons (Fsp3) is 0.350. The smallest absolute Gasteiger partial charge is 0.193 e. The highest BCUT2D eigenvalue weighted by atomic mass is 16.5. The largest absolute Gasteiger partial charge is 0.493 e. The Bertz CT molecular complexity index is 760. The molecule has 2 aromatic rings. The quantitative estimate of drug-likeness (QED) is 0.556. The lowest BCUT2D eigenvalue weighted by molar-refractivity contribution is 0.314. The van der Waals surface area contributed by atoms with Gasteiger partial charge in [-0.15, -0.1) is 0 Å². The van der Waals surface area contributed by atoms with Crippen LogP contribution in [0.25, 0.3) is 0 Å². The van der Waals surface area contributed by atoms with E-state index in [0.29, 0.717) is 30.6 Å². The molecule has 0 amide bonds. The number of anilines is 1. The highest BCUT2D eigenvalue weighted by Gasteiger charge is 2.06. The van der Waals surface area contributed by atoms with Crippen LogP contribution in [0, 0.1) is 6.92 Å². The number of aliphatic imine (C=N–C) groups is 1. The van der Waals surface area contributed by atoms with E-state index in [-0.39, 0.29) is 0 Å². The summed E-state index contributed by atoms with van der Waals surface area (Å²) >= 11 is 0. The molecule has 0 radical (unpaired) electrons. The molecule has 3 N–H and O–H groups in total. The van der Waals surface area contributed by atoms with Crippen LogP contribution in [-0.2, 0) is 6.54 Å². The van der Waals surface area contributed by atoms with E-state index in [1.54, 1.807) is 14.2 Å². The van der Waals surface area contributed by atoms with Crippen LogP contribution in [0.5, 0.6) is 17.2 Å². The molecule has 2 rings (SSSR count). The first-order chi connectivity index (χ1) is 12.6. The molecule has 26 heavy (non-hydrogen) atoms. The molecule has 6 heteroatoms. The number of guanidine groups is 1. The van der Waals surface area contributed by atoms with E-state index >= 15 is 0 Å². The standard InChI is InChI=1S/C20H27N3O3/c1-5-10-26-18-11-14(2)6-7-15(18)13-22-20(21)23-16-8-9-17(24-3)19(12-16)25-4/h6-9,11-12H,5,10,13H2,1-4H3,(H3,21,22,23). The van der Waals surface area contributed by atoms with Crippen LogP contribution in [0.4, 0.5) is 5.69 Å². The number of nitrogens with one attached hydrogen (secondary N) is 1. The van der Waals surface area contributed by atoms with Gasteiger partial charge in [0.25, 0.3) is 0 Å². The van der Waals surface area contributed by atoms with Gasteiger partial charge >= 0.3 is 0 Å². The molecule has 0 bridgehead atoms. The van der Waals surface area contributed by atoms with Crippen LogP contribution in [-0.4, -0.2) is 26.8 Å². The zero-order valence-electron chi connectivity index (χ0n) is 15.8. The minimum absolute atomic E-state index is 0.319. The zero-order valence-corrected chi connectivity index (χ0v) is 15.8. The summed E-state index contributed by atoms with van der Waals surface area (Å²) in [7, 11) is 3.19. The van der Waals surface area contributed by atoms with Crippen molar-refractivity contribution in [1.29, 1.82) is 0 Å². The molecular formula is C20H27N3O3. The zero-order chi connectivity index (χ0) is 18.9. The number of nitrogens with two attached hydrogens (primary N) is 1. The molecule has 2 aromatic carbocycles. The molecule has 0 fully saturated rings. The molecule has 0 saturated carbocycles. The van der Waals surface area contributed by atoms with E-state index in [2.05, 4.69) is 17.2 Å². The van der Waals surface area contributed by atoms with Gasteiger partial charge in [0, 0.05) is 17.3 Å². The Labute approximate surface area is 155 Å². The number of methoxy groups -OCH3 is 2. The minimum Gasteiger partial charge on any atom is -0.493 e. The molecular weight excluding hydrogens is 330 g/mol. The van der Waals surface area contributed by atoms with Gasteiger partial charge in [-0.3, -0.25) is 0 Å². The highest BCUT2D eigenvalue weighted by Crippen LogP contribution is 2.29. The molecule has 140 valence electrons. The predicted molar refractivity (Wildman–Crippen MR) is 105 cm³/mol.